The Bertz CT molecular complexity index is 536. The molecule has 1 unspecified atom stereocenters. The first kappa shape index (κ1) is 15.1. The maximum Gasteiger partial charge on any atom is 0.0521 e. The molecule has 4 heteroatoms. The fourth-order valence-electron chi connectivity index (χ4n) is 2.46. The van der Waals surface area contributed by atoms with Crippen molar-refractivity contribution in [3.63, 3.8) is 0 Å². The van der Waals surface area contributed by atoms with Crippen LogP contribution < -0.4 is 5.32 Å². The van der Waals surface area contributed by atoms with Gasteiger partial charge in [-0.1, -0.05) is 30.7 Å². The molecular weight excluding hydrogens is 270 g/mol. The Labute approximate surface area is 126 Å². The second-order valence-electron chi connectivity index (χ2n) is 5.15. The van der Waals surface area contributed by atoms with Gasteiger partial charge in [0.15, 0.2) is 0 Å². The van der Waals surface area contributed by atoms with Crippen LogP contribution in [-0.2, 0) is 19.9 Å². The van der Waals surface area contributed by atoms with Gasteiger partial charge < -0.3 is 5.32 Å². The molecule has 1 atom stereocenters. The van der Waals surface area contributed by atoms with Gasteiger partial charge in [-0.3, -0.25) is 4.68 Å². The zero-order valence-corrected chi connectivity index (χ0v) is 12.9. The van der Waals surface area contributed by atoms with Crippen molar-refractivity contribution >= 4 is 11.6 Å². The molecule has 0 saturated carbocycles. The van der Waals surface area contributed by atoms with Crippen molar-refractivity contribution in [3.8, 4) is 0 Å². The Kier molecular flexibility index (Phi) is 5.62. The number of rotatable bonds is 7. The summed E-state index contributed by atoms with van der Waals surface area (Å²) in [7, 11) is 1.96. The van der Waals surface area contributed by atoms with Crippen molar-refractivity contribution in [1.29, 1.82) is 0 Å². The van der Waals surface area contributed by atoms with Crippen LogP contribution in [0.4, 0.5) is 0 Å². The van der Waals surface area contributed by atoms with Gasteiger partial charge in [0.1, 0.15) is 0 Å². The van der Waals surface area contributed by atoms with Crippen LogP contribution in [0, 0.1) is 0 Å². The van der Waals surface area contributed by atoms with E-state index < -0.39 is 0 Å². The lowest BCUT2D eigenvalue weighted by Gasteiger charge is -2.17. The topological polar surface area (TPSA) is 29.9 Å². The molecule has 20 heavy (non-hydrogen) atoms. The Balaban J connectivity index is 1.92. The molecule has 0 amide bonds. The van der Waals surface area contributed by atoms with Crippen molar-refractivity contribution < 1.29 is 0 Å². The maximum absolute atomic E-state index is 6.05. The summed E-state index contributed by atoms with van der Waals surface area (Å²) in [5.41, 5.74) is 2.58. The average molecular weight is 292 g/mol. The SMILES string of the molecule is CCNC(CCc1cnn(C)c1)Cc1cccc(Cl)c1. The number of nitrogens with zero attached hydrogens (tertiary/aromatic N) is 2. The predicted molar refractivity (Wildman–Crippen MR) is 84.1 cm³/mol. The van der Waals surface area contributed by atoms with E-state index in [4.69, 9.17) is 11.6 Å². The van der Waals surface area contributed by atoms with Crippen LogP contribution in [0.5, 0.6) is 0 Å². The van der Waals surface area contributed by atoms with Gasteiger partial charge in [-0.25, -0.2) is 0 Å². The van der Waals surface area contributed by atoms with E-state index in [1.165, 1.54) is 11.1 Å². The zero-order valence-electron chi connectivity index (χ0n) is 12.1. The third-order valence-corrected chi connectivity index (χ3v) is 3.64. The number of likely N-dealkylation sites (N-methyl/N-ethyl adjacent to an activating group) is 1. The minimum Gasteiger partial charge on any atom is -0.314 e. The highest BCUT2D eigenvalue weighted by atomic mass is 35.5. The van der Waals surface area contributed by atoms with Crippen LogP contribution in [0.1, 0.15) is 24.5 Å². The van der Waals surface area contributed by atoms with E-state index in [9.17, 15) is 0 Å². The van der Waals surface area contributed by atoms with Crippen molar-refractivity contribution in [3.05, 3.63) is 52.8 Å². The standard InChI is InChI=1S/C16H22ClN3/c1-3-18-16(8-7-14-11-19-20(2)12-14)10-13-5-4-6-15(17)9-13/h4-6,9,11-12,16,18H,3,7-8,10H2,1-2H3. The van der Waals surface area contributed by atoms with Gasteiger partial charge in [-0.2, -0.15) is 5.10 Å². The summed E-state index contributed by atoms with van der Waals surface area (Å²) in [6.07, 6.45) is 7.19. The summed E-state index contributed by atoms with van der Waals surface area (Å²) in [6.45, 7) is 3.13. The first-order valence-corrected chi connectivity index (χ1v) is 7.50. The number of hydrogen-bond acceptors (Lipinski definition) is 2. The van der Waals surface area contributed by atoms with Crippen LogP contribution in [-0.4, -0.2) is 22.4 Å². The first-order chi connectivity index (χ1) is 9.67. The van der Waals surface area contributed by atoms with Gasteiger partial charge in [0.05, 0.1) is 6.20 Å². The zero-order chi connectivity index (χ0) is 14.4. The fraction of sp³-hybridized carbons (Fsp3) is 0.438. The molecule has 1 heterocycles. The van der Waals surface area contributed by atoms with Gasteiger partial charge in [-0.15, -0.1) is 0 Å². The summed E-state index contributed by atoms with van der Waals surface area (Å²) in [5.74, 6) is 0. The van der Waals surface area contributed by atoms with Gasteiger partial charge >= 0.3 is 0 Å². The number of nitrogens with one attached hydrogen (secondary N) is 1. The fourth-order valence-corrected chi connectivity index (χ4v) is 2.67. The lowest BCUT2D eigenvalue weighted by atomic mass is 10.00. The Morgan fingerprint density at radius 3 is 2.85 bits per heavy atom. The van der Waals surface area contributed by atoms with Crippen molar-refractivity contribution in [2.24, 2.45) is 7.05 Å². The molecule has 0 radical (unpaired) electrons. The molecule has 0 fully saturated rings. The van der Waals surface area contributed by atoms with Crippen molar-refractivity contribution in [2.75, 3.05) is 6.54 Å². The summed E-state index contributed by atoms with van der Waals surface area (Å²) in [6, 6.07) is 8.60. The monoisotopic (exact) mass is 291 g/mol. The smallest absolute Gasteiger partial charge is 0.0521 e. The molecule has 0 aliphatic heterocycles. The Morgan fingerprint density at radius 1 is 1.35 bits per heavy atom. The molecule has 2 rings (SSSR count). The van der Waals surface area contributed by atoms with Gasteiger partial charge in [0.2, 0.25) is 0 Å². The van der Waals surface area contributed by atoms with E-state index in [2.05, 4.69) is 35.7 Å². The van der Waals surface area contributed by atoms with Crippen LogP contribution in [0.2, 0.25) is 5.02 Å². The van der Waals surface area contributed by atoms with Crippen LogP contribution in [0.3, 0.4) is 0 Å². The molecule has 0 bridgehead atoms. The van der Waals surface area contributed by atoms with E-state index in [0.717, 1.165) is 30.8 Å². The first-order valence-electron chi connectivity index (χ1n) is 7.12. The predicted octanol–water partition coefficient (Wildman–Crippen LogP) is 3.23. The lowest BCUT2D eigenvalue weighted by molar-refractivity contribution is 0.491. The normalized spacial score (nSPS) is 12.6. The molecule has 2 aromatic rings. The number of aryl methyl sites for hydroxylation is 2. The quantitative estimate of drug-likeness (QED) is 0.849. The summed E-state index contributed by atoms with van der Waals surface area (Å²) in [4.78, 5) is 0. The molecule has 0 aliphatic carbocycles. The Morgan fingerprint density at radius 2 is 2.20 bits per heavy atom. The highest BCUT2D eigenvalue weighted by molar-refractivity contribution is 6.30. The molecule has 3 nitrogen and oxygen atoms in total. The van der Waals surface area contributed by atoms with Gasteiger partial charge in [0.25, 0.3) is 0 Å². The van der Waals surface area contributed by atoms with Crippen LogP contribution in [0.25, 0.3) is 0 Å². The van der Waals surface area contributed by atoms with Crippen molar-refractivity contribution in [2.45, 2.75) is 32.2 Å². The molecule has 0 aliphatic rings. The van der Waals surface area contributed by atoms with E-state index in [1.54, 1.807) is 0 Å². The molecule has 1 aromatic carbocycles. The average Bonchev–Trinajstić information content (AvgIpc) is 2.82. The number of halogens is 1. The largest absolute Gasteiger partial charge is 0.314 e. The van der Waals surface area contributed by atoms with E-state index in [-0.39, 0.29) is 0 Å². The third kappa shape index (κ3) is 4.66. The number of benzene rings is 1. The van der Waals surface area contributed by atoms with Crippen LogP contribution >= 0.6 is 11.6 Å². The van der Waals surface area contributed by atoms with Gasteiger partial charge in [-0.05, 0) is 49.1 Å². The highest BCUT2D eigenvalue weighted by Crippen LogP contribution is 2.14. The Hall–Kier alpha value is -1.32. The molecule has 108 valence electrons. The van der Waals surface area contributed by atoms with E-state index in [0.29, 0.717) is 6.04 Å². The minimum absolute atomic E-state index is 0.471. The molecule has 1 aromatic heterocycles. The maximum atomic E-state index is 6.05. The lowest BCUT2D eigenvalue weighted by Crippen LogP contribution is -2.31. The van der Waals surface area contributed by atoms with Crippen LogP contribution in [0.15, 0.2) is 36.7 Å². The second kappa shape index (κ2) is 7.46. The molecular formula is C16H22ClN3. The molecule has 0 saturated heterocycles. The third-order valence-electron chi connectivity index (χ3n) is 3.40. The van der Waals surface area contributed by atoms with Gasteiger partial charge in [0, 0.05) is 24.3 Å². The second-order valence-corrected chi connectivity index (χ2v) is 5.59. The summed E-state index contributed by atoms with van der Waals surface area (Å²) in [5, 5.41) is 8.58. The van der Waals surface area contributed by atoms with E-state index in [1.807, 2.05) is 30.1 Å². The number of hydrogen-bond donors (Lipinski definition) is 1. The number of aromatic nitrogens is 2. The minimum atomic E-state index is 0.471. The highest BCUT2D eigenvalue weighted by Gasteiger charge is 2.09. The molecule has 1 N–H and O–H groups in total. The summed E-state index contributed by atoms with van der Waals surface area (Å²) >= 11 is 6.05. The van der Waals surface area contributed by atoms with E-state index >= 15 is 0 Å². The van der Waals surface area contributed by atoms with Crippen molar-refractivity contribution in [1.82, 2.24) is 15.1 Å². The molecule has 0 spiro atoms. The summed E-state index contributed by atoms with van der Waals surface area (Å²) < 4.78 is 1.86.